The Bertz CT molecular complexity index is 440. The zero-order valence-electron chi connectivity index (χ0n) is 11.7. The number of fused-ring (bicyclic) bond motifs is 1. The van der Waals surface area contributed by atoms with Crippen LogP contribution in [0.3, 0.4) is 0 Å². The number of rotatable bonds is 5. The first kappa shape index (κ1) is 13.1. The lowest BCUT2D eigenvalue weighted by Crippen LogP contribution is -2.36. The second kappa shape index (κ2) is 5.13. The Morgan fingerprint density at radius 1 is 1.17 bits per heavy atom. The highest BCUT2D eigenvalue weighted by molar-refractivity contribution is 6.07. The minimum atomic E-state index is -0.306. The maximum absolute atomic E-state index is 12.5. The fourth-order valence-corrected chi connectivity index (χ4v) is 2.97. The number of benzene rings is 1. The van der Waals surface area contributed by atoms with Crippen LogP contribution >= 0.6 is 0 Å². The molecule has 0 radical (unpaired) electrons. The van der Waals surface area contributed by atoms with Gasteiger partial charge in [0.05, 0.1) is 5.41 Å². The number of hydrogen-bond acceptors (Lipinski definition) is 1. The largest absolute Gasteiger partial charge is 0.314 e. The summed E-state index contributed by atoms with van der Waals surface area (Å²) in [5.41, 5.74) is 1.98. The zero-order chi connectivity index (χ0) is 13.2. The van der Waals surface area contributed by atoms with Gasteiger partial charge in [-0.3, -0.25) is 4.79 Å². The van der Waals surface area contributed by atoms with Crippen LogP contribution in [0.4, 0.5) is 5.69 Å². The van der Waals surface area contributed by atoms with Gasteiger partial charge in [0, 0.05) is 12.7 Å². The highest BCUT2D eigenvalue weighted by atomic mass is 16.2. The molecular formula is C16H23NO. The highest BCUT2D eigenvalue weighted by Crippen LogP contribution is 2.43. The second-order valence-electron chi connectivity index (χ2n) is 5.52. The van der Waals surface area contributed by atoms with Crippen LogP contribution in [-0.4, -0.2) is 13.0 Å². The number of carbonyl (C=O) groups excluding carboxylic acids is 1. The molecule has 1 aromatic rings. The van der Waals surface area contributed by atoms with Crippen molar-refractivity contribution in [1.29, 1.82) is 0 Å². The number of anilines is 1. The number of nitrogens with zero attached hydrogens (tertiary/aromatic N) is 1. The number of amides is 1. The molecule has 2 heteroatoms. The molecule has 0 bridgehead atoms. The van der Waals surface area contributed by atoms with Crippen molar-refractivity contribution in [1.82, 2.24) is 0 Å². The first-order chi connectivity index (χ1) is 8.61. The molecule has 0 saturated heterocycles. The molecule has 0 aromatic heterocycles. The normalized spacial score (nSPS) is 22.4. The van der Waals surface area contributed by atoms with Gasteiger partial charge in [-0.15, -0.1) is 0 Å². The second-order valence-corrected chi connectivity index (χ2v) is 5.52. The van der Waals surface area contributed by atoms with Gasteiger partial charge in [0.15, 0.2) is 0 Å². The van der Waals surface area contributed by atoms with Crippen molar-refractivity contribution in [2.75, 3.05) is 11.9 Å². The molecule has 1 aliphatic heterocycles. The van der Waals surface area contributed by atoms with Crippen molar-refractivity contribution >= 4 is 11.6 Å². The summed E-state index contributed by atoms with van der Waals surface area (Å²) in [5, 5.41) is 0. The average molecular weight is 245 g/mol. The predicted molar refractivity (Wildman–Crippen MR) is 76.0 cm³/mol. The van der Waals surface area contributed by atoms with E-state index in [1.165, 1.54) is 24.8 Å². The third-order valence-electron chi connectivity index (χ3n) is 4.17. The van der Waals surface area contributed by atoms with E-state index < -0.39 is 0 Å². The number of likely N-dealkylation sites (N-methyl/N-ethyl adjacent to an activating group) is 1. The van der Waals surface area contributed by atoms with Crippen LogP contribution in [0.2, 0.25) is 0 Å². The average Bonchev–Trinajstić information content (AvgIpc) is 2.59. The van der Waals surface area contributed by atoms with Gasteiger partial charge in [0.1, 0.15) is 0 Å². The van der Waals surface area contributed by atoms with Crippen molar-refractivity contribution < 1.29 is 4.79 Å². The Hall–Kier alpha value is -1.31. The Morgan fingerprint density at radius 3 is 2.61 bits per heavy atom. The highest BCUT2D eigenvalue weighted by Gasteiger charge is 2.44. The summed E-state index contributed by atoms with van der Waals surface area (Å²) in [6.45, 7) is 4.31. The summed E-state index contributed by atoms with van der Waals surface area (Å²) < 4.78 is 0. The third-order valence-corrected chi connectivity index (χ3v) is 4.17. The maximum Gasteiger partial charge on any atom is 0.237 e. The molecular weight excluding hydrogens is 222 g/mol. The van der Waals surface area contributed by atoms with Gasteiger partial charge in [-0.25, -0.2) is 0 Å². The van der Waals surface area contributed by atoms with Gasteiger partial charge in [0.25, 0.3) is 0 Å². The van der Waals surface area contributed by atoms with Gasteiger partial charge < -0.3 is 4.90 Å². The van der Waals surface area contributed by atoms with E-state index in [1.807, 2.05) is 30.1 Å². The van der Waals surface area contributed by atoms with Gasteiger partial charge in [0.2, 0.25) is 5.91 Å². The molecule has 0 spiro atoms. The van der Waals surface area contributed by atoms with E-state index in [0.717, 1.165) is 18.5 Å². The molecule has 0 N–H and O–H groups in total. The van der Waals surface area contributed by atoms with Crippen LogP contribution < -0.4 is 4.90 Å². The van der Waals surface area contributed by atoms with E-state index in [1.54, 1.807) is 0 Å². The molecule has 0 fully saturated rings. The quantitative estimate of drug-likeness (QED) is 0.721. The van der Waals surface area contributed by atoms with E-state index >= 15 is 0 Å². The van der Waals surface area contributed by atoms with Crippen LogP contribution in [-0.2, 0) is 10.2 Å². The third kappa shape index (κ3) is 2.05. The summed E-state index contributed by atoms with van der Waals surface area (Å²) in [4.78, 5) is 14.3. The molecule has 0 aliphatic carbocycles. The SMILES string of the molecule is CCCCCCC1(C)C(=O)N(C)c2ccccc21. The number of unbranched alkanes of at least 4 members (excludes halogenated alkanes) is 3. The van der Waals surface area contributed by atoms with Crippen LogP contribution in [0, 0.1) is 0 Å². The Morgan fingerprint density at radius 2 is 1.89 bits per heavy atom. The van der Waals surface area contributed by atoms with Crippen molar-refractivity contribution in [3.63, 3.8) is 0 Å². The fraction of sp³-hybridized carbons (Fsp3) is 0.562. The molecule has 1 unspecified atom stereocenters. The van der Waals surface area contributed by atoms with E-state index in [2.05, 4.69) is 19.9 Å². The van der Waals surface area contributed by atoms with E-state index in [0.29, 0.717) is 0 Å². The van der Waals surface area contributed by atoms with Gasteiger partial charge >= 0.3 is 0 Å². The first-order valence-corrected chi connectivity index (χ1v) is 6.99. The molecule has 2 nitrogen and oxygen atoms in total. The summed E-state index contributed by atoms with van der Waals surface area (Å²) in [6.07, 6.45) is 5.83. The van der Waals surface area contributed by atoms with Gasteiger partial charge in [-0.2, -0.15) is 0 Å². The van der Waals surface area contributed by atoms with E-state index in [-0.39, 0.29) is 11.3 Å². The topological polar surface area (TPSA) is 20.3 Å². The number of para-hydroxylation sites is 1. The molecule has 1 aliphatic rings. The summed E-state index contributed by atoms with van der Waals surface area (Å²) in [6, 6.07) is 8.20. The standard InChI is InChI=1S/C16H23NO/c1-4-5-6-9-12-16(2)13-10-7-8-11-14(13)17(3)15(16)18/h7-8,10-11H,4-6,9,12H2,1-3H3. The molecule has 1 heterocycles. The van der Waals surface area contributed by atoms with Crippen LogP contribution in [0.1, 0.15) is 51.5 Å². The number of hydrogen-bond donors (Lipinski definition) is 0. The molecule has 18 heavy (non-hydrogen) atoms. The van der Waals surface area contributed by atoms with E-state index in [4.69, 9.17) is 0 Å². The minimum Gasteiger partial charge on any atom is -0.314 e. The van der Waals surface area contributed by atoms with Crippen molar-refractivity contribution in [3.05, 3.63) is 29.8 Å². The lowest BCUT2D eigenvalue weighted by atomic mass is 9.79. The number of carbonyl (C=O) groups is 1. The summed E-state index contributed by atoms with van der Waals surface area (Å²) in [7, 11) is 1.89. The minimum absolute atomic E-state index is 0.250. The molecule has 0 saturated carbocycles. The molecule has 98 valence electrons. The van der Waals surface area contributed by atoms with Crippen LogP contribution in [0.25, 0.3) is 0 Å². The lowest BCUT2D eigenvalue weighted by molar-refractivity contribution is -0.122. The zero-order valence-corrected chi connectivity index (χ0v) is 11.7. The Balaban J connectivity index is 2.19. The predicted octanol–water partition coefficient (Wildman–Crippen LogP) is 3.89. The van der Waals surface area contributed by atoms with Crippen LogP contribution in [0.15, 0.2) is 24.3 Å². The van der Waals surface area contributed by atoms with Crippen molar-refractivity contribution in [3.8, 4) is 0 Å². The first-order valence-electron chi connectivity index (χ1n) is 6.99. The fourth-order valence-electron chi connectivity index (χ4n) is 2.97. The Kier molecular flexibility index (Phi) is 3.74. The van der Waals surface area contributed by atoms with Gasteiger partial charge in [-0.1, -0.05) is 50.8 Å². The van der Waals surface area contributed by atoms with Crippen LogP contribution in [0.5, 0.6) is 0 Å². The van der Waals surface area contributed by atoms with E-state index in [9.17, 15) is 4.79 Å². The lowest BCUT2D eigenvalue weighted by Gasteiger charge is -2.23. The Labute approximate surface area is 110 Å². The van der Waals surface area contributed by atoms with Crippen molar-refractivity contribution in [2.24, 2.45) is 0 Å². The molecule has 1 aromatic carbocycles. The molecule has 1 amide bonds. The molecule has 2 rings (SSSR count). The summed E-state index contributed by atoms with van der Waals surface area (Å²) >= 11 is 0. The monoisotopic (exact) mass is 245 g/mol. The maximum atomic E-state index is 12.5. The van der Waals surface area contributed by atoms with Gasteiger partial charge in [-0.05, 0) is 25.0 Å². The van der Waals surface area contributed by atoms with Crippen molar-refractivity contribution in [2.45, 2.75) is 51.4 Å². The molecule has 1 atom stereocenters. The summed E-state index contributed by atoms with van der Waals surface area (Å²) in [5.74, 6) is 0.250. The smallest absolute Gasteiger partial charge is 0.237 e.